The van der Waals surface area contributed by atoms with Gasteiger partial charge < -0.3 is 5.11 Å². The molecule has 0 spiro atoms. The Morgan fingerprint density at radius 1 is 1.06 bits per heavy atom. The molecular weight excluding hydrogens is 485 g/mol. The second-order valence-electron chi connectivity index (χ2n) is 9.08. The number of hydrogen-bond donors (Lipinski definition) is 2. The number of rotatable bonds is 7. The Bertz CT molecular complexity index is 1190. The van der Waals surface area contributed by atoms with Gasteiger partial charge in [0.25, 0.3) is 5.91 Å². The molecule has 0 aliphatic carbocycles. The summed E-state index contributed by atoms with van der Waals surface area (Å²) in [6.07, 6.45) is 0.319. The van der Waals surface area contributed by atoms with E-state index in [2.05, 4.69) is 15.5 Å². The summed E-state index contributed by atoms with van der Waals surface area (Å²) < 4.78 is 68.4. The molecule has 1 aromatic heterocycles. The molecule has 1 unspecified atom stereocenters. The van der Waals surface area contributed by atoms with E-state index in [-0.39, 0.29) is 28.8 Å². The maximum absolute atomic E-state index is 14.9. The zero-order valence-corrected chi connectivity index (χ0v) is 19.2. The van der Waals surface area contributed by atoms with Crippen LogP contribution in [0.2, 0.25) is 0 Å². The third-order valence-corrected chi connectivity index (χ3v) is 6.37. The van der Waals surface area contributed by atoms with Gasteiger partial charge in [0, 0.05) is 17.2 Å². The van der Waals surface area contributed by atoms with Crippen molar-refractivity contribution in [3.8, 4) is 0 Å². The Hall–Kier alpha value is -3.38. The Balaban J connectivity index is 1.67. The Labute approximate surface area is 203 Å². The average molecular weight is 510 g/mol. The smallest absolute Gasteiger partial charge is 0.377 e. The number of alkyl halides is 3. The van der Waals surface area contributed by atoms with E-state index in [1.54, 1.807) is 0 Å². The van der Waals surface area contributed by atoms with Crippen LogP contribution in [0.3, 0.4) is 0 Å². The lowest BCUT2D eigenvalue weighted by atomic mass is 9.91. The standard InChI is InChI=1S/C24H24F5N5O2/c25-19-8-9-20(21(26)12-19)23(36,13-33-16-30-15-31-33)14-34(10-2-1-3-11-34)32-22(35)17-4-6-18(7-5-17)24(27,28)29/h4-9,12,15-16,36H,1-3,10-11,13-14H2/p+1. The van der Waals surface area contributed by atoms with Crippen LogP contribution in [0.5, 0.6) is 0 Å². The number of aliphatic hydroxyl groups is 1. The van der Waals surface area contributed by atoms with Crippen molar-refractivity contribution in [1.82, 2.24) is 20.2 Å². The molecule has 1 fully saturated rings. The molecule has 2 N–H and O–H groups in total. The predicted octanol–water partition coefficient (Wildman–Crippen LogP) is 3.81. The van der Waals surface area contributed by atoms with E-state index in [1.165, 1.54) is 17.3 Å². The van der Waals surface area contributed by atoms with Crippen molar-refractivity contribution in [2.24, 2.45) is 0 Å². The molecule has 4 rings (SSSR count). The van der Waals surface area contributed by atoms with Crippen molar-refractivity contribution in [2.45, 2.75) is 37.6 Å². The van der Waals surface area contributed by atoms with Gasteiger partial charge in [-0.15, -0.1) is 0 Å². The highest BCUT2D eigenvalue weighted by atomic mass is 19.4. The summed E-state index contributed by atoms with van der Waals surface area (Å²) in [6, 6.07) is 6.67. The molecule has 7 nitrogen and oxygen atoms in total. The zero-order valence-electron chi connectivity index (χ0n) is 19.2. The van der Waals surface area contributed by atoms with Crippen molar-refractivity contribution >= 4 is 5.91 Å². The Morgan fingerprint density at radius 3 is 2.33 bits per heavy atom. The van der Waals surface area contributed by atoms with Crippen LogP contribution in [0.15, 0.2) is 55.1 Å². The van der Waals surface area contributed by atoms with Gasteiger partial charge in [-0.25, -0.2) is 23.0 Å². The molecule has 2 heterocycles. The molecule has 192 valence electrons. The van der Waals surface area contributed by atoms with Crippen LogP contribution in [0, 0.1) is 11.6 Å². The van der Waals surface area contributed by atoms with Crippen LogP contribution >= 0.6 is 0 Å². The molecule has 12 heteroatoms. The molecule has 1 atom stereocenters. The quantitative estimate of drug-likeness (QED) is 0.374. The number of hydrogen-bond acceptors (Lipinski definition) is 4. The lowest BCUT2D eigenvalue weighted by Gasteiger charge is -2.45. The molecule has 0 bridgehead atoms. The molecular formula is C24H25F5N5O2+. The van der Waals surface area contributed by atoms with Crippen molar-refractivity contribution in [1.29, 1.82) is 0 Å². The minimum atomic E-state index is -4.53. The summed E-state index contributed by atoms with van der Waals surface area (Å²) in [5.74, 6) is -2.40. The van der Waals surface area contributed by atoms with Gasteiger partial charge in [0.15, 0.2) is 5.60 Å². The molecule has 1 saturated heterocycles. The van der Waals surface area contributed by atoms with Gasteiger partial charge in [-0.3, -0.25) is 4.79 Å². The lowest BCUT2D eigenvalue weighted by molar-refractivity contribution is -0.971. The summed E-state index contributed by atoms with van der Waals surface area (Å²) in [7, 11) is 0. The number of benzene rings is 2. The number of carbonyl (C=O) groups is 1. The molecule has 0 radical (unpaired) electrons. The second kappa shape index (κ2) is 9.94. The van der Waals surface area contributed by atoms with Crippen molar-refractivity contribution < 1.29 is 36.4 Å². The fourth-order valence-electron chi connectivity index (χ4n) is 4.69. The molecule has 0 saturated carbocycles. The summed E-state index contributed by atoms with van der Waals surface area (Å²) in [5, 5.41) is 15.8. The van der Waals surface area contributed by atoms with Crippen LogP contribution in [-0.4, -0.2) is 50.0 Å². The molecule has 2 aromatic carbocycles. The lowest BCUT2D eigenvalue weighted by Crippen LogP contribution is -2.67. The summed E-state index contributed by atoms with van der Waals surface area (Å²) in [4.78, 5) is 16.9. The van der Waals surface area contributed by atoms with E-state index in [4.69, 9.17) is 0 Å². The highest BCUT2D eigenvalue weighted by Gasteiger charge is 2.45. The molecule has 1 amide bonds. The predicted molar refractivity (Wildman–Crippen MR) is 118 cm³/mol. The first kappa shape index (κ1) is 25.7. The third-order valence-electron chi connectivity index (χ3n) is 6.37. The normalized spacial score (nSPS) is 17.4. The number of nitrogens with zero attached hydrogens (tertiary/aromatic N) is 4. The Kier molecular flexibility index (Phi) is 7.10. The van der Waals surface area contributed by atoms with E-state index in [9.17, 15) is 31.9 Å². The van der Waals surface area contributed by atoms with Crippen LogP contribution in [0.4, 0.5) is 22.0 Å². The van der Waals surface area contributed by atoms with Gasteiger partial charge in [-0.2, -0.15) is 23.7 Å². The summed E-state index contributed by atoms with van der Waals surface area (Å²) in [6.45, 7) is 0.372. The second-order valence-corrected chi connectivity index (χ2v) is 9.08. The molecule has 1 aliphatic rings. The van der Waals surface area contributed by atoms with Crippen LogP contribution < -0.4 is 5.43 Å². The van der Waals surface area contributed by atoms with Gasteiger partial charge in [-0.05, 0) is 55.7 Å². The number of piperidine rings is 1. The minimum absolute atomic E-state index is 0.0128. The maximum Gasteiger partial charge on any atom is 0.416 e. The number of carbonyl (C=O) groups excluding carboxylic acids is 1. The first-order chi connectivity index (χ1) is 17.0. The van der Waals surface area contributed by atoms with E-state index >= 15 is 0 Å². The fourth-order valence-corrected chi connectivity index (χ4v) is 4.69. The van der Waals surface area contributed by atoms with Crippen molar-refractivity contribution in [2.75, 3.05) is 19.6 Å². The number of halogens is 5. The summed E-state index contributed by atoms with van der Waals surface area (Å²) >= 11 is 0. The van der Waals surface area contributed by atoms with Gasteiger partial charge in [-0.1, -0.05) is 0 Å². The third kappa shape index (κ3) is 5.71. The maximum atomic E-state index is 14.9. The minimum Gasteiger partial charge on any atom is -0.377 e. The molecule has 1 aliphatic heterocycles. The van der Waals surface area contributed by atoms with Crippen LogP contribution in [-0.2, 0) is 18.3 Å². The molecule has 3 aromatic rings. The average Bonchev–Trinajstić information content (AvgIpc) is 3.31. The first-order valence-electron chi connectivity index (χ1n) is 11.4. The first-order valence-corrected chi connectivity index (χ1v) is 11.4. The van der Waals surface area contributed by atoms with Crippen molar-refractivity contribution in [3.63, 3.8) is 0 Å². The van der Waals surface area contributed by atoms with Crippen LogP contribution in [0.25, 0.3) is 0 Å². The number of amides is 1. The van der Waals surface area contributed by atoms with E-state index in [1.807, 2.05) is 0 Å². The van der Waals surface area contributed by atoms with Gasteiger partial charge in [0.2, 0.25) is 0 Å². The summed E-state index contributed by atoms with van der Waals surface area (Å²) in [5.41, 5.74) is -0.118. The SMILES string of the molecule is O=C(N[N+]1(CC(O)(Cn2cncn2)c2ccc(F)cc2F)CCCCC1)c1ccc(C(F)(F)F)cc1. The zero-order chi connectivity index (χ0) is 26.0. The largest absolute Gasteiger partial charge is 0.416 e. The van der Waals surface area contributed by atoms with Crippen LogP contribution in [0.1, 0.15) is 40.7 Å². The highest BCUT2D eigenvalue weighted by Crippen LogP contribution is 2.32. The monoisotopic (exact) mass is 510 g/mol. The molecule has 36 heavy (non-hydrogen) atoms. The van der Waals surface area contributed by atoms with E-state index < -0.39 is 34.9 Å². The van der Waals surface area contributed by atoms with Crippen molar-refractivity contribution in [3.05, 3.63) is 83.4 Å². The van der Waals surface area contributed by atoms with E-state index in [0.29, 0.717) is 32.0 Å². The number of likely N-dealkylation sites (tertiary alicyclic amines) is 1. The van der Waals surface area contributed by atoms with Gasteiger partial charge in [0.05, 0.1) is 12.1 Å². The number of aromatic nitrogens is 3. The van der Waals surface area contributed by atoms with Gasteiger partial charge >= 0.3 is 6.18 Å². The Morgan fingerprint density at radius 2 is 1.75 bits per heavy atom. The number of quaternary nitrogens is 1. The fraction of sp³-hybridized carbons (Fsp3) is 0.375. The highest BCUT2D eigenvalue weighted by molar-refractivity contribution is 5.93. The topological polar surface area (TPSA) is 80.0 Å². The van der Waals surface area contributed by atoms with Gasteiger partial charge in [0.1, 0.15) is 43.9 Å². The number of nitrogens with one attached hydrogen (secondary N) is 1. The van der Waals surface area contributed by atoms with E-state index in [0.717, 1.165) is 42.8 Å².